The van der Waals surface area contributed by atoms with Crippen molar-refractivity contribution in [3.05, 3.63) is 26.0 Å². The second kappa shape index (κ2) is 26.8. The minimum absolute atomic E-state index is 0.965. The summed E-state index contributed by atoms with van der Waals surface area (Å²) in [4.78, 5) is 0. The average molecular weight is 419 g/mol. The van der Waals surface area contributed by atoms with Gasteiger partial charge in [0.1, 0.15) is 0 Å². The smallest absolute Gasteiger partial charge is 0.0351 e. The van der Waals surface area contributed by atoms with Crippen LogP contribution in [0.2, 0.25) is 0 Å². The monoisotopic (exact) mass is 418 g/mol. The van der Waals surface area contributed by atoms with Crippen LogP contribution in [0.15, 0.2) is 12.2 Å². The Morgan fingerprint density at radius 2 is 0.833 bits per heavy atom. The van der Waals surface area contributed by atoms with E-state index in [2.05, 4.69) is 32.9 Å². The van der Waals surface area contributed by atoms with Crippen LogP contribution in [0.3, 0.4) is 0 Å². The van der Waals surface area contributed by atoms with Gasteiger partial charge in [0.15, 0.2) is 0 Å². The number of hydrogen-bond donors (Lipinski definition) is 0. The minimum Gasteiger partial charge on any atom is -0.0885 e. The van der Waals surface area contributed by atoms with E-state index in [1.165, 1.54) is 141 Å². The first-order valence-electron chi connectivity index (χ1n) is 14.1. The lowest BCUT2D eigenvalue weighted by molar-refractivity contribution is 0.405. The first-order chi connectivity index (χ1) is 14.8. The minimum atomic E-state index is 0.965. The van der Waals surface area contributed by atoms with Crippen LogP contribution in [0.5, 0.6) is 0 Å². The summed E-state index contributed by atoms with van der Waals surface area (Å²) < 4.78 is 0. The number of unbranched alkanes of at least 4 members (excludes halogenated alkanes) is 18. The molecule has 1 atom stereocenters. The zero-order valence-electron chi connectivity index (χ0n) is 21.1. The van der Waals surface area contributed by atoms with Gasteiger partial charge in [0.2, 0.25) is 0 Å². The SMILES string of the molecule is [CH2]CCCCCCCCCCCCCCCC=CCCCC(CC)CCCCC[CH2]. The summed E-state index contributed by atoms with van der Waals surface area (Å²) in [6.07, 6.45) is 38.1. The van der Waals surface area contributed by atoms with Crippen LogP contribution in [0.1, 0.15) is 161 Å². The highest BCUT2D eigenvalue weighted by atomic mass is 14.1. The average Bonchev–Trinajstić information content (AvgIpc) is 2.76. The molecular formula is C30H58. The van der Waals surface area contributed by atoms with Crippen LogP contribution < -0.4 is 0 Å². The molecule has 0 heterocycles. The molecule has 2 radical (unpaired) electrons. The predicted molar refractivity (Wildman–Crippen MR) is 140 cm³/mol. The maximum Gasteiger partial charge on any atom is -0.0351 e. The van der Waals surface area contributed by atoms with Crippen LogP contribution >= 0.6 is 0 Å². The van der Waals surface area contributed by atoms with Gasteiger partial charge in [-0.3, -0.25) is 0 Å². The van der Waals surface area contributed by atoms with Crippen LogP contribution in [0.25, 0.3) is 0 Å². The molecule has 0 saturated heterocycles. The Hall–Kier alpha value is -0.260. The van der Waals surface area contributed by atoms with Crippen molar-refractivity contribution >= 4 is 0 Å². The summed E-state index contributed by atoms with van der Waals surface area (Å²) in [7, 11) is 0. The van der Waals surface area contributed by atoms with Gasteiger partial charge in [0.05, 0.1) is 0 Å². The van der Waals surface area contributed by atoms with Gasteiger partial charge in [-0.15, -0.1) is 0 Å². The van der Waals surface area contributed by atoms with Gasteiger partial charge in [-0.05, 0) is 31.6 Å². The van der Waals surface area contributed by atoms with Crippen LogP contribution in [-0.4, -0.2) is 0 Å². The van der Waals surface area contributed by atoms with Crippen molar-refractivity contribution < 1.29 is 0 Å². The first kappa shape index (κ1) is 29.7. The number of allylic oxidation sites excluding steroid dienone is 2. The molecule has 0 bridgehead atoms. The lowest BCUT2D eigenvalue weighted by atomic mass is 9.93. The molecule has 0 aliphatic rings. The molecule has 0 heteroatoms. The van der Waals surface area contributed by atoms with E-state index in [0.29, 0.717) is 0 Å². The molecule has 0 amide bonds. The Kier molecular flexibility index (Phi) is 26.5. The van der Waals surface area contributed by atoms with Crippen LogP contribution in [0.4, 0.5) is 0 Å². The Morgan fingerprint density at radius 1 is 0.467 bits per heavy atom. The largest absolute Gasteiger partial charge is 0.0885 e. The summed E-state index contributed by atoms with van der Waals surface area (Å²) in [5, 5.41) is 0. The third-order valence-electron chi connectivity index (χ3n) is 6.71. The van der Waals surface area contributed by atoms with Crippen molar-refractivity contribution in [3.8, 4) is 0 Å². The van der Waals surface area contributed by atoms with E-state index in [0.717, 1.165) is 18.8 Å². The fraction of sp³-hybridized carbons (Fsp3) is 0.867. The van der Waals surface area contributed by atoms with Gasteiger partial charge in [0, 0.05) is 0 Å². The van der Waals surface area contributed by atoms with Gasteiger partial charge in [-0.1, -0.05) is 161 Å². The number of rotatable bonds is 25. The van der Waals surface area contributed by atoms with Crippen molar-refractivity contribution in [3.63, 3.8) is 0 Å². The van der Waals surface area contributed by atoms with E-state index in [1.807, 2.05) is 0 Å². The summed E-state index contributed by atoms with van der Waals surface area (Å²) in [6.45, 7) is 10.2. The second-order valence-corrected chi connectivity index (χ2v) is 9.62. The Bertz CT molecular complexity index is 316. The molecule has 0 N–H and O–H groups in total. The van der Waals surface area contributed by atoms with Gasteiger partial charge in [-0.25, -0.2) is 0 Å². The number of hydrogen-bond acceptors (Lipinski definition) is 0. The second-order valence-electron chi connectivity index (χ2n) is 9.62. The van der Waals surface area contributed by atoms with Crippen LogP contribution in [-0.2, 0) is 0 Å². The zero-order chi connectivity index (χ0) is 22.0. The molecule has 1 unspecified atom stereocenters. The summed E-state index contributed by atoms with van der Waals surface area (Å²) in [6, 6.07) is 0. The predicted octanol–water partition coefficient (Wildman–Crippen LogP) is 11.2. The van der Waals surface area contributed by atoms with E-state index in [4.69, 9.17) is 0 Å². The molecule has 0 aliphatic carbocycles. The maximum absolute atomic E-state index is 3.94. The molecular weight excluding hydrogens is 360 g/mol. The van der Waals surface area contributed by atoms with Gasteiger partial charge in [-0.2, -0.15) is 0 Å². The zero-order valence-corrected chi connectivity index (χ0v) is 21.1. The van der Waals surface area contributed by atoms with E-state index < -0.39 is 0 Å². The molecule has 0 rings (SSSR count). The van der Waals surface area contributed by atoms with E-state index in [-0.39, 0.29) is 0 Å². The van der Waals surface area contributed by atoms with E-state index in [9.17, 15) is 0 Å². The Morgan fingerprint density at radius 3 is 1.30 bits per heavy atom. The highest BCUT2D eigenvalue weighted by Gasteiger charge is 2.05. The highest BCUT2D eigenvalue weighted by Crippen LogP contribution is 2.20. The Balaban J connectivity index is 3.24. The molecule has 0 nitrogen and oxygen atoms in total. The van der Waals surface area contributed by atoms with Crippen molar-refractivity contribution in [2.75, 3.05) is 0 Å². The molecule has 0 aromatic rings. The molecule has 0 saturated carbocycles. The molecule has 0 fully saturated rings. The van der Waals surface area contributed by atoms with Crippen LogP contribution in [0, 0.1) is 19.8 Å². The van der Waals surface area contributed by atoms with Crippen molar-refractivity contribution in [2.45, 2.75) is 161 Å². The topological polar surface area (TPSA) is 0 Å². The summed E-state index contributed by atoms with van der Waals surface area (Å²) >= 11 is 0. The molecule has 0 spiro atoms. The first-order valence-corrected chi connectivity index (χ1v) is 14.1. The van der Waals surface area contributed by atoms with E-state index >= 15 is 0 Å². The quantitative estimate of drug-likeness (QED) is 0.102. The molecule has 0 aromatic carbocycles. The summed E-state index contributed by atoms with van der Waals surface area (Å²) in [5.74, 6) is 0.965. The maximum atomic E-state index is 3.94. The Labute approximate surface area is 193 Å². The van der Waals surface area contributed by atoms with Crippen molar-refractivity contribution in [1.82, 2.24) is 0 Å². The van der Waals surface area contributed by atoms with Crippen molar-refractivity contribution in [1.29, 1.82) is 0 Å². The van der Waals surface area contributed by atoms with Gasteiger partial charge >= 0.3 is 0 Å². The van der Waals surface area contributed by atoms with Gasteiger partial charge in [0.25, 0.3) is 0 Å². The third kappa shape index (κ3) is 24.0. The fourth-order valence-corrected chi connectivity index (χ4v) is 4.48. The molecule has 0 aliphatic heterocycles. The highest BCUT2D eigenvalue weighted by molar-refractivity contribution is 4.81. The summed E-state index contributed by atoms with van der Waals surface area (Å²) in [5.41, 5.74) is 0. The fourth-order valence-electron chi connectivity index (χ4n) is 4.48. The third-order valence-corrected chi connectivity index (χ3v) is 6.71. The standard InChI is InChI=1S/C30H58/c1-4-7-9-11-12-13-14-15-16-17-18-19-20-21-22-23-24-25-27-29-30(6-3)28-26-10-8-5-2/h23-24,30H,1-2,4-22,25-29H2,3H3. The lowest BCUT2D eigenvalue weighted by Gasteiger charge is -2.13. The van der Waals surface area contributed by atoms with Gasteiger partial charge < -0.3 is 0 Å². The molecule has 30 heavy (non-hydrogen) atoms. The lowest BCUT2D eigenvalue weighted by Crippen LogP contribution is -1.98. The van der Waals surface area contributed by atoms with E-state index in [1.54, 1.807) is 0 Å². The normalized spacial score (nSPS) is 12.8. The molecule has 178 valence electrons. The van der Waals surface area contributed by atoms with Crippen molar-refractivity contribution in [2.24, 2.45) is 5.92 Å². The molecule has 0 aromatic heterocycles.